The van der Waals surface area contributed by atoms with Gasteiger partial charge in [0.25, 0.3) is 0 Å². The number of aromatic nitrogens is 4. The molecule has 0 unspecified atom stereocenters. The van der Waals surface area contributed by atoms with Gasteiger partial charge in [-0.25, -0.2) is 15.0 Å². The topological polar surface area (TPSA) is 69.9 Å². The van der Waals surface area contributed by atoms with Crippen LogP contribution in [0.5, 0.6) is 0 Å². The van der Waals surface area contributed by atoms with Gasteiger partial charge in [0.2, 0.25) is 0 Å². The van der Waals surface area contributed by atoms with Crippen molar-refractivity contribution >= 4 is 65.7 Å². The Balaban J connectivity index is 1.04. The predicted octanol–water partition coefficient (Wildman–Crippen LogP) is 15.1. The van der Waals surface area contributed by atoms with Crippen molar-refractivity contribution in [2.75, 3.05) is 0 Å². The summed E-state index contributed by atoms with van der Waals surface area (Å²) < 4.78 is 15.5. The van der Waals surface area contributed by atoms with E-state index in [2.05, 4.69) is 162 Å². The van der Waals surface area contributed by atoms with Crippen molar-refractivity contribution < 1.29 is 8.83 Å². The normalized spacial score (nSPS) is 11.8. The summed E-state index contributed by atoms with van der Waals surface area (Å²) in [6.45, 7) is 0. The number of furan rings is 2. The molecule has 0 amide bonds. The highest BCUT2D eigenvalue weighted by Gasteiger charge is 2.23. The number of nitrogens with zero attached hydrogens (tertiary/aromatic N) is 4. The maximum absolute atomic E-state index is 6.72. The fourth-order valence-corrected chi connectivity index (χ4v) is 9.42. The molecular weight excluding hydrogens is 773 g/mol. The van der Waals surface area contributed by atoms with Crippen molar-refractivity contribution in [3.63, 3.8) is 0 Å². The van der Waals surface area contributed by atoms with Crippen molar-refractivity contribution in [3.05, 3.63) is 206 Å². The van der Waals surface area contributed by atoms with Gasteiger partial charge in [-0.15, -0.1) is 0 Å². The molecule has 0 spiro atoms. The summed E-state index contributed by atoms with van der Waals surface area (Å²) in [5.41, 5.74) is 13.5. The fourth-order valence-electron chi connectivity index (χ4n) is 9.42. The molecule has 0 saturated heterocycles. The van der Waals surface area contributed by atoms with Gasteiger partial charge in [0.1, 0.15) is 22.3 Å². The molecule has 0 aliphatic carbocycles. The lowest BCUT2D eigenvalue weighted by Gasteiger charge is -2.15. The van der Waals surface area contributed by atoms with Gasteiger partial charge in [-0.05, 0) is 65.2 Å². The molecular formula is C57H34N4O2. The van der Waals surface area contributed by atoms with E-state index in [4.69, 9.17) is 23.8 Å². The highest BCUT2D eigenvalue weighted by Crippen LogP contribution is 2.44. The smallest absolute Gasteiger partial charge is 0.164 e. The van der Waals surface area contributed by atoms with Crippen LogP contribution in [0.25, 0.3) is 128 Å². The average molecular weight is 807 g/mol. The van der Waals surface area contributed by atoms with Crippen LogP contribution in [-0.4, -0.2) is 19.5 Å². The van der Waals surface area contributed by atoms with Gasteiger partial charge in [-0.1, -0.05) is 158 Å². The Morgan fingerprint density at radius 2 is 0.794 bits per heavy atom. The molecule has 0 aliphatic heterocycles. The fraction of sp³-hybridized carbons (Fsp3) is 0. The number of hydrogen-bond acceptors (Lipinski definition) is 5. The number of fused-ring (bicyclic) bond motifs is 9. The summed E-state index contributed by atoms with van der Waals surface area (Å²) in [5, 5.41) is 6.49. The molecule has 0 aliphatic rings. The lowest BCUT2D eigenvalue weighted by atomic mass is 9.95. The molecule has 13 rings (SSSR count). The quantitative estimate of drug-likeness (QED) is 0.167. The minimum atomic E-state index is 0.547. The monoisotopic (exact) mass is 806 g/mol. The summed E-state index contributed by atoms with van der Waals surface area (Å²) in [5.74, 6) is 1.66. The zero-order valence-electron chi connectivity index (χ0n) is 33.7. The Kier molecular flexibility index (Phi) is 7.80. The molecule has 4 heterocycles. The van der Waals surface area contributed by atoms with E-state index in [1.54, 1.807) is 0 Å². The molecule has 63 heavy (non-hydrogen) atoms. The van der Waals surface area contributed by atoms with E-state index in [9.17, 15) is 0 Å². The molecule has 4 aromatic heterocycles. The molecule has 294 valence electrons. The third-order valence-corrected chi connectivity index (χ3v) is 12.3. The van der Waals surface area contributed by atoms with Gasteiger partial charge in [0.05, 0.1) is 16.7 Å². The first-order valence-corrected chi connectivity index (χ1v) is 21.1. The third kappa shape index (κ3) is 5.62. The van der Waals surface area contributed by atoms with Gasteiger partial charge in [0, 0.05) is 54.6 Å². The Labute approximate surface area is 361 Å². The van der Waals surface area contributed by atoms with E-state index in [0.717, 1.165) is 99.5 Å². The molecule has 0 bridgehead atoms. The highest BCUT2D eigenvalue weighted by atomic mass is 16.3. The molecule has 0 atom stereocenters. The van der Waals surface area contributed by atoms with Crippen LogP contribution in [0.4, 0.5) is 0 Å². The maximum Gasteiger partial charge on any atom is 0.164 e. The highest BCUT2D eigenvalue weighted by molar-refractivity contribution is 6.18. The SMILES string of the molecule is c1ccc(-c2ccc(-c3nc(-c4ccc5c(c4)oc4ccccc45)nc(-c4cccc5oc6cccc(-c7ccccc7-n7c8ccccc8c8ccccc87)c6c45)n3)cc2)cc1. The Bertz CT molecular complexity index is 3860. The minimum absolute atomic E-state index is 0.547. The zero-order valence-corrected chi connectivity index (χ0v) is 33.7. The summed E-state index contributed by atoms with van der Waals surface area (Å²) in [7, 11) is 0. The zero-order chi connectivity index (χ0) is 41.4. The van der Waals surface area contributed by atoms with Crippen LogP contribution in [0, 0.1) is 0 Å². The Morgan fingerprint density at radius 1 is 0.302 bits per heavy atom. The number of benzene rings is 9. The van der Waals surface area contributed by atoms with Crippen LogP contribution in [0.15, 0.2) is 215 Å². The van der Waals surface area contributed by atoms with Crippen molar-refractivity contribution in [2.24, 2.45) is 0 Å². The second-order valence-electron chi connectivity index (χ2n) is 15.9. The van der Waals surface area contributed by atoms with Crippen molar-refractivity contribution in [3.8, 4) is 62.1 Å². The summed E-state index contributed by atoms with van der Waals surface area (Å²) in [6, 6.07) is 71.5. The molecule has 0 radical (unpaired) electrons. The molecule has 9 aromatic carbocycles. The van der Waals surface area contributed by atoms with E-state index in [1.807, 2.05) is 48.5 Å². The van der Waals surface area contributed by atoms with Crippen molar-refractivity contribution in [1.29, 1.82) is 0 Å². The van der Waals surface area contributed by atoms with Crippen LogP contribution in [0.2, 0.25) is 0 Å². The van der Waals surface area contributed by atoms with Gasteiger partial charge in [-0.2, -0.15) is 0 Å². The van der Waals surface area contributed by atoms with E-state index < -0.39 is 0 Å². The molecule has 0 N–H and O–H groups in total. The second kappa shape index (κ2) is 14.0. The van der Waals surface area contributed by atoms with Crippen molar-refractivity contribution in [2.45, 2.75) is 0 Å². The molecule has 0 saturated carbocycles. The minimum Gasteiger partial charge on any atom is -0.456 e. The van der Waals surface area contributed by atoms with Gasteiger partial charge in [0.15, 0.2) is 17.5 Å². The van der Waals surface area contributed by atoms with E-state index in [0.29, 0.717) is 17.5 Å². The summed E-state index contributed by atoms with van der Waals surface area (Å²) in [4.78, 5) is 15.7. The third-order valence-electron chi connectivity index (χ3n) is 12.3. The van der Waals surface area contributed by atoms with Crippen LogP contribution in [-0.2, 0) is 0 Å². The van der Waals surface area contributed by atoms with E-state index in [-0.39, 0.29) is 0 Å². The first kappa shape index (κ1) is 35.2. The molecule has 6 heteroatoms. The number of rotatable bonds is 6. The predicted molar refractivity (Wildman–Crippen MR) is 256 cm³/mol. The summed E-state index contributed by atoms with van der Waals surface area (Å²) >= 11 is 0. The lowest BCUT2D eigenvalue weighted by Crippen LogP contribution is -2.00. The standard InChI is InChI=1S/C57H34N4O2/c1-2-14-35(15-3-1)36-28-30-37(31-29-36)55-58-56(38-32-33-43-42-19-7-11-25-49(42)62-52(43)34-38)60-57(59-55)45-21-13-27-51-54(45)53-44(20-12-26-50(53)63-51)41-18-6-10-24-48(41)61-46-22-8-4-16-39(46)40-17-5-9-23-47(40)61/h1-34H. The largest absolute Gasteiger partial charge is 0.456 e. The second-order valence-corrected chi connectivity index (χ2v) is 15.9. The number of hydrogen-bond donors (Lipinski definition) is 0. The first-order valence-electron chi connectivity index (χ1n) is 21.1. The van der Waals surface area contributed by atoms with Gasteiger partial charge in [-0.3, -0.25) is 0 Å². The Morgan fingerprint density at radius 3 is 1.56 bits per heavy atom. The number of para-hydroxylation sites is 4. The molecule has 0 fully saturated rings. The van der Waals surface area contributed by atoms with E-state index >= 15 is 0 Å². The first-order chi connectivity index (χ1) is 31.2. The lowest BCUT2D eigenvalue weighted by molar-refractivity contribution is 0.668. The Hall–Kier alpha value is -8.61. The molecule has 6 nitrogen and oxygen atoms in total. The van der Waals surface area contributed by atoms with Crippen molar-refractivity contribution in [1.82, 2.24) is 19.5 Å². The van der Waals surface area contributed by atoms with Crippen LogP contribution in [0.3, 0.4) is 0 Å². The molecule has 13 aromatic rings. The summed E-state index contributed by atoms with van der Waals surface area (Å²) in [6.07, 6.45) is 0. The van der Waals surface area contributed by atoms with Crippen LogP contribution < -0.4 is 0 Å². The van der Waals surface area contributed by atoms with Gasteiger partial charge < -0.3 is 13.4 Å². The maximum atomic E-state index is 6.72. The van der Waals surface area contributed by atoms with Crippen LogP contribution in [0.1, 0.15) is 0 Å². The van der Waals surface area contributed by atoms with Crippen LogP contribution >= 0.6 is 0 Å². The average Bonchev–Trinajstić information content (AvgIpc) is 4.04. The van der Waals surface area contributed by atoms with Gasteiger partial charge >= 0.3 is 0 Å². The van der Waals surface area contributed by atoms with E-state index in [1.165, 1.54) is 10.8 Å².